The van der Waals surface area contributed by atoms with Crippen molar-refractivity contribution in [2.75, 3.05) is 40.1 Å². The highest BCUT2D eigenvalue weighted by Gasteiger charge is 2.35. The molecule has 0 radical (unpaired) electrons. The van der Waals surface area contributed by atoms with Crippen LogP contribution in [0.25, 0.3) is 0 Å². The highest BCUT2D eigenvalue weighted by molar-refractivity contribution is 8.00. The average molecular weight is 407 g/mol. The Bertz CT molecular complexity index is 810. The first-order valence-corrected chi connectivity index (χ1v) is 10.4. The number of carbonyl (C=O) groups is 2. The van der Waals surface area contributed by atoms with Crippen LogP contribution in [0.2, 0.25) is 0 Å². The third-order valence-electron chi connectivity index (χ3n) is 4.43. The van der Waals surface area contributed by atoms with Crippen molar-refractivity contribution in [3.63, 3.8) is 0 Å². The Labute approximate surface area is 167 Å². The number of rotatable bonds is 7. The van der Waals surface area contributed by atoms with Crippen LogP contribution in [-0.2, 0) is 4.79 Å². The smallest absolute Gasteiger partial charge is 0.263 e. The molecule has 1 aliphatic heterocycles. The second-order valence-electron chi connectivity index (χ2n) is 6.06. The molecule has 27 heavy (non-hydrogen) atoms. The second-order valence-corrected chi connectivity index (χ2v) is 8.08. The fraction of sp³-hybridized carbons (Fsp3) is 0.368. The molecule has 144 valence electrons. The molecule has 0 unspecified atom stereocenters. The Kier molecular flexibility index (Phi) is 6.28. The van der Waals surface area contributed by atoms with Crippen molar-refractivity contribution in [1.29, 1.82) is 0 Å². The fourth-order valence-corrected chi connectivity index (χ4v) is 4.88. The molecule has 0 spiro atoms. The lowest BCUT2D eigenvalue weighted by Crippen LogP contribution is -2.38. The lowest BCUT2D eigenvalue weighted by atomic mass is 10.1. The molecule has 1 fully saturated rings. The van der Waals surface area contributed by atoms with Crippen molar-refractivity contribution >= 4 is 34.9 Å². The minimum atomic E-state index is -0.159. The molecule has 1 atom stereocenters. The van der Waals surface area contributed by atoms with E-state index in [4.69, 9.17) is 9.47 Å². The first kappa shape index (κ1) is 19.6. The molecule has 0 bridgehead atoms. The number of carbonyl (C=O) groups excluding carboxylic acids is 2. The summed E-state index contributed by atoms with van der Waals surface area (Å²) in [5.41, 5.74) is 0.903. The Balaban J connectivity index is 1.74. The van der Waals surface area contributed by atoms with E-state index in [0.717, 1.165) is 17.1 Å². The summed E-state index contributed by atoms with van der Waals surface area (Å²) >= 11 is 2.98. The van der Waals surface area contributed by atoms with Crippen LogP contribution in [0.4, 0.5) is 0 Å². The van der Waals surface area contributed by atoms with E-state index < -0.39 is 0 Å². The predicted octanol–water partition coefficient (Wildman–Crippen LogP) is 3.11. The number of nitrogens with zero attached hydrogens (tertiary/aromatic N) is 2. The normalized spacial score (nSPS) is 16.5. The van der Waals surface area contributed by atoms with Crippen LogP contribution in [-0.4, -0.2) is 61.7 Å². The molecule has 2 amide bonds. The van der Waals surface area contributed by atoms with Gasteiger partial charge in [-0.2, -0.15) is 0 Å². The van der Waals surface area contributed by atoms with Gasteiger partial charge >= 0.3 is 0 Å². The minimum Gasteiger partial charge on any atom is -0.497 e. The molecule has 0 saturated carbocycles. The zero-order chi connectivity index (χ0) is 19.4. The first-order valence-electron chi connectivity index (χ1n) is 8.47. The lowest BCUT2D eigenvalue weighted by Gasteiger charge is -2.28. The van der Waals surface area contributed by atoms with Gasteiger partial charge in [0, 0.05) is 25.7 Å². The van der Waals surface area contributed by atoms with Gasteiger partial charge in [-0.25, -0.2) is 0 Å². The first-order chi connectivity index (χ1) is 13.0. The number of benzene rings is 1. The summed E-state index contributed by atoms with van der Waals surface area (Å²) in [6.07, 6.45) is 0. The van der Waals surface area contributed by atoms with Crippen LogP contribution >= 0.6 is 23.1 Å². The Morgan fingerprint density at radius 3 is 2.78 bits per heavy atom. The highest BCUT2D eigenvalue weighted by Crippen LogP contribution is 2.43. The van der Waals surface area contributed by atoms with Crippen molar-refractivity contribution < 1.29 is 19.1 Å². The van der Waals surface area contributed by atoms with Gasteiger partial charge in [0.05, 0.1) is 24.8 Å². The molecule has 1 saturated heterocycles. The molecule has 3 rings (SSSR count). The maximum absolute atomic E-state index is 12.5. The van der Waals surface area contributed by atoms with Gasteiger partial charge in [0.2, 0.25) is 5.91 Å². The van der Waals surface area contributed by atoms with Crippen molar-refractivity contribution in [3.05, 3.63) is 46.2 Å². The molecule has 1 aromatic heterocycles. The number of likely N-dealkylation sites (N-methyl/N-ethyl adjacent to an activating group) is 1. The minimum absolute atomic E-state index is 0.0280. The number of amides is 2. The molecule has 1 aliphatic rings. The fourth-order valence-electron chi connectivity index (χ4n) is 2.93. The topological polar surface area (TPSA) is 59.1 Å². The maximum Gasteiger partial charge on any atom is 0.263 e. The summed E-state index contributed by atoms with van der Waals surface area (Å²) in [4.78, 5) is 29.0. The molecular formula is C19H22N2O4S2. The van der Waals surface area contributed by atoms with E-state index in [-0.39, 0.29) is 17.2 Å². The van der Waals surface area contributed by atoms with Crippen LogP contribution < -0.4 is 9.47 Å². The molecule has 0 aliphatic carbocycles. The molecular weight excluding hydrogens is 384 g/mol. The summed E-state index contributed by atoms with van der Waals surface area (Å²) in [6.45, 7) is 0.927. The van der Waals surface area contributed by atoms with Gasteiger partial charge in [0.15, 0.2) is 0 Å². The van der Waals surface area contributed by atoms with Gasteiger partial charge in [0.1, 0.15) is 16.9 Å². The number of hydrogen-bond donors (Lipinski definition) is 0. The largest absolute Gasteiger partial charge is 0.497 e. The van der Waals surface area contributed by atoms with Crippen molar-refractivity contribution in [1.82, 2.24) is 9.80 Å². The van der Waals surface area contributed by atoms with Gasteiger partial charge in [-0.3, -0.25) is 9.59 Å². The SMILES string of the molecule is COc1ccc(OC)c([C@@H]2SCC(=O)N2CCN(C)C(=O)c2cccs2)c1. The number of hydrogen-bond acceptors (Lipinski definition) is 6. The van der Waals surface area contributed by atoms with Gasteiger partial charge in [-0.05, 0) is 29.6 Å². The number of thiophene rings is 1. The number of thioether (sulfide) groups is 1. The second kappa shape index (κ2) is 8.67. The molecule has 8 heteroatoms. The maximum atomic E-state index is 12.5. The van der Waals surface area contributed by atoms with E-state index in [2.05, 4.69) is 0 Å². The molecule has 6 nitrogen and oxygen atoms in total. The van der Waals surface area contributed by atoms with Crippen molar-refractivity contribution in [3.8, 4) is 11.5 Å². The van der Waals surface area contributed by atoms with Gasteiger partial charge in [0.25, 0.3) is 5.91 Å². The summed E-state index contributed by atoms with van der Waals surface area (Å²) in [7, 11) is 4.99. The summed E-state index contributed by atoms with van der Waals surface area (Å²) in [5, 5.41) is 1.72. The summed E-state index contributed by atoms with van der Waals surface area (Å²) in [5.74, 6) is 1.88. The third kappa shape index (κ3) is 4.22. The molecule has 0 N–H and O–H groups in total. The van der Waals surface area contributed by atoms with Gasteiger partial charge in [-0.1, -0.05) is 6.07 Å². The highest BCUT2D eigenvalue weighted by atomic mass is 32.2. The molecule has 2 heterocycles. The summed E-state index contributed by atoms with van der Waals surface area (Å²) < 4.78 is 10.8. The van der Waals surface area contributed by atoms with Gasteiger partial charge < -0.3 is 19.3 Å². The quantitative estimate of drug-likeness (QED) is 0.707. The average Bonchev–Trinajstić information content (AvgIpc) is 3.35. The standard InChI is InChI=1S/C19H22N2O4S2/c1-20(18(23)16-5-4-10-26-16)8-9-21-17(22)12-27-19(21)14-11-13(24-2)6-7-15(14)25-3/h4-7,10-11,19H,8-9,12H2,1-3H3/t19-/m0/s1. The van der Waals surface area contributed by atoms with Crippen LogP contribution in [0.1, 0.15) is 20.6 Å². The van der Waals surface area contributed by atoms with Gasteiger partial charge in [-0.15, -0.1) is 23.1 Å². The van der Waals surface area contributed by atoms with Crippen LogP contribution in [0.3, 0.4) is 0 Å². The van der Waals surface area contributed by atoms with Crippen molar-refractivity contribution in [2.45, 2.75) is 5.37 Å². The molecule has 2 aromatic rings. The van der Waals surface area contributed by atoms with E-state index in [0.29, 0.717) is 23.7 Å². The molecule has 1 aromatic carbocycles. The number of ether oxygens (including phenoxy) is 2. The zero-order valence-electron chi connectivity index (χ0n) is 15.5. The third-order valence-corrected chi connectivity index (χ3v) is 6.52. The monoisotopic (exact) mass is 406 g/mol. The van der Waals surface area contributed by atoms with E-state index >= 15 is 0 Å². The summed E-state index contributed by atoms with van der Waals surface area (Å²) in [6, 6.07) is 9.26. The Morgan fingerprint density at radius 2 is 2.11 bits per heavy atom. The van der Waals surface area contributed by atoms with Crippen molar-refractivity contribution in [2.24, 2.45) is 0 Å². The van der Waals surface area contributed by atoms with Crippen LogP contribution in [0.5, 0.6) is 11.5 Å². The Morgan fingerprint density at radius 1 is 1.30 bits per heavy atom. The van der Waals surface area contributed by atoms with E-state index in [1.165, 1.54) is 11.3 Å². The predicted molar refractivity (Wildman–Crippen MR) is 108 cm³/mol. The zero-order valence-corrected chi connectivity index (χ0v) is 17.1. The lowest BCUT2D eigenvalue weighted by molar-refractivity contribution is -0.128. The van der Waals surface area contributed by atoms with Crippen LogP contribution in [0, 0.1) is 0 Å². The van der Waals surface area contributed by atoms with E-state index in [9.17, 15) is 9.59 Å². The van der Waals surface area contributed by atoms with Crippen LogP contribution in [0.15, 0.2) is 35.7 Å². The van der Waals surface area contributed by atoms with E-state index in [1.807, 2.05) is 35.7 Å². The van der Waals surface area contributed by atoms with E-state index in [1.54, 1.807) is 42.8 Å². The number of methoxy groups -OCH3 is 2. The Hall–Kier alpha value is -2.19.